The average Bonchev–Trinajstić information content (AvgIpc) is 2.70. The maximum Gasteiger partial charge on any atom is 0.341 e. The van der Waals surface area contributed by atoms with Crippen LogP contribution in [0.1, 0.15) is 41.6 Å². The van der Waals surface area contributed by atoms with Crippen LogP contribution in [0.3, 0.4) is 0 Å². The van der Waals surface area contributed by atoms with Crippen molar-refractivity contribution in [2.24, 2.45) is 0 Å². The Bertz CT molecular complexity index is 395. The van der Waals surface area contributed by atoms with Crippen molar-refractivity contribution in [3.8, 4) is 0 Å². The number of esters is 1. The standard InChI is InChI=1S/C13H15FO2/c1-9-6-7-11(12(14)8-9)13(15)16-10-4-2-3-5-10/h6-8,10H,2-5H2,1H3. The van der Waals surface area contributed by atoms with Gasteiger partial charge in [0.2, 0.25) is 0 Å². The molecular formula is C13H15FO2. The Morgan fingerprint density at radius 3 is 2.69 bits per heavy atom. The number of aryl methyl sites for hydroxylation is 1. The first kappa shape index (κ1) is 11.1. The lowest BCUT2D eigenvalue weighted by Gasteiger charge is -2.11. The van der Waals surface area contributed by atoms with E-state index in [0.717, 1.165) is 31.2 Å². The van der Waals surface area contributed by atoms with E-state index in [9.17, 15) is 9.18 Å². The number of rotatable bonds is 2. The summed E-state index contributed by atoms with van der Waals surface area (Å²) in [5.74, 6) is -1.03. The van der Waals surface area contributed by atoms with Crippen molar-refractivity contribution in [1.29, 1.82) is 0 Å². The fourth-order valence-electron chi connectivity index (χ4n) is 2.01. The summed E-state index contributed by atoms with van der Waals surface area (Å²) < 4.78 is 18.7. The van der Waals surface area contributed by atoms with E-state index < -0.39 is 11.8 Å². The van der Waals surface area contributed by atoms with Crippen molar-refractivity contribution in [2.45, 2.75) is 38.7 Å². The van der Waals surface area contributed by atoms with Crippen molar-refractivity contribution in [2.75, 3.05) is 0 Å². The summed E-state index contributed by atoms with van der Waals surface area (Å²) in [5, 5.41) is 0. The third-order valence-corrected chi connectivity index (χ3v) is 2.92. The molecule has 1 fully saturated rings. The monoisotopic (exact) mass is 222 g/mol. The van der Waals surface area contributed by atoms with Crippen molar-refractivity contribution in [3.05, 3.63) is 35.1 Å². The zero-order valence-corrected chi connectivity index (χ0v) is 9.33. The molecule has 0 aliphatic heterocycles. The highest BCUT2D eigenvalue weighted by Crippen LogP contribution is 2.22. The average molecular weight is 222 g/mol. The highest BCUT2D eigenvalue weighted by atomic mass is 19.1. The maximum absolute atomic E-state index is 13.5. The first-order valence-electron chi connectivity index (χ1n) is 5.64. The van der Waals surface area contributed by atoms with Crippen LogP contribution in [0.4, 0.5) is 4.39 Å². The molecule has 86 valence electrons. The minimum Gasteiger partial charge on any atom is -0.459 e. The van der Waals surface area contributed by atoms with E-state index in [1.165, 1.54) is 12.1 Å². The molecule has 0 atom stereocenters. The molecule has 0 saturated heterocycles. The van der Waals surface area contributed by atoms with Crippen LogP contribution in [0.5, 0.6) is 0 Å². The third-order valence-electron chi connectivity index (χ3n) is 2.92. The fraction of sp³-hybridized carbons (Fsp3) is 0.462. The molecule has 0 amide bonds. The second-order valence-corrected chi connectivity index (χ2v) is 4.30. The first-order chi connectivity index (χ1) is 7.66. The zero-order valence-electron chi connectivity index (χ0n) is 9.33. The van der Waals surface area contributed by atoms with E-state index in [-0.39, 0.29) is 11.7 Å². The summed E-state index contributed by atoms with van der Waals surface area (Å²) in [6, 6.07) is 4.56. The Morgan fingerprint density at radius 1 is 1.38 bits per heavy atom. The number of halogens is 1. The van der Waals surface area contributed by atoms with E-state index in [4.69, 9.17) is 4.74 Å². The van der Waals surface area contributed by atoms with Gasteiger partial charge in [-0.1, -0.05) is 6.07 Å². The molecule has 0 aromatic heterocycles. The smallest absolute Gasteiger partial charge is 0.341 e. The minimum absolute atomic E-state index is 0.0202. The second kappa shape index (κ2) is 4.64. The quantitative estimate of drug-likeness (QED) is 0.718. The van der Waals surface area contributed by atoms with Crippen molar-refractivity contribution >= 4 is 5.97 Å². The molecular weight excluding hydrogens is 207 g/mol. The predicted octanol–water partition coefficient (Wildman–Crippen LogP) is 3.23. The summed E-state index contributed by atoms with van der Waals surface area (Å²) in [5.41, 5.74) is 0.840. The molecule has 0 unspecified atom stereocenters. The Balaban J connectivity index is 2.08. The summed E-state index contributed by atoms with van der Waals surface area (Å²) in [4.78, 5) is 11.7. The normalized spacial score (nSPS) is 16.4. The van der Waals surface area contributed by atoms with E-state index in [0.29, 0.717) is 0 Å². The third kappa shape index (κ3) is 2.40. The Kier molecular flexibility index (Phi) is 3.22. The summed E-state index contributed by atoms with van der Waals surface area (Å²) in [6.07, 6.45) is 3.97. The molecule has 3 heteroatoms. The van der Waals surface area contributed by atoms with Crippen LogP contribution in [0.15, 0.2) is 18.2 Å². The van der Waals surface area contributed by atoms with Gasteiger partial charge in [0.05, 0.1) is 5.56 Å². The second-order valence-electron chi connectivity index (χ2n) is 4.30. The van der Waals surface area contributed by atoms with Gasteiger partial charge in [0.1, 0.15) is 11.9 Å². The van der Waals surface area contributed by atoms with Crippen LogP contribution < -0.4 is 0 Å². The van der Waals surface area contributed by atoms with Crippen LogP contribution in [-0.2, 0) is 4.74 Å². The van der Waals surface area contributed by atoms with Crippen molar-refractivity contribution in [3.63, 3.8) is 0 Å². The highest BCUT2D eigenvalue weighted by Gasteiger charge is 2.21. The van der Waals surface area contributed by atoms with Crippen LogP contribution in [0.25, 0.3) is 0 Å². The molecule has 1 aromatic rings. The summed E-state index contributed by atoms with van der Waals surface area (Å²) in [6.45, 7) is 1.79. The highest BCUT2D eigenvalue weighted by molar-refractivity contribution is 5.89. The van der Waals surface area contributed by atoms with E-state index in [1.54, 1.807) is 13.0 Å². The summed E-state index contributed by atoms with van der Waals surface area (Å²) >= 11 is 0. The molecule has 0 heterocycles. The van der Waals surface area contributed by atoms with Gasteiger partial charge in [0, 0.05) is 0 Å². The predicted molar refractivity (Wildman–Crippen MR) is 58.8 cm³/mol. The number of ether oxygens (including phenoxy) is 1. The largest absolute Gasteiger partial charge is 0.459 e. The number of benzene rings is 1. The van der Waals surface area contributed by atoms with Gasteiger partial charge in [-0.2, -0.15) is 0 Å². The Labute approximate surface area is 94.4 Å². The number of carbonyl (C=O) groups excluding carboxylic acids is 1. The van der Waals surface area contributed by atoms with Crippen LogP contribution in [0.2, 0.25) is 0 Å². The molecule has 2 rings (SSSR count). The number of carbonyl (C=O) groups is 1. The molecule has 16 heavy (non-hydrogen) atoms. The summed E-state index contributed by atoms with van der Waals surface area (Å²) in [7, 11) is 0. The molecule has 0 N–H and O–H groups in total. The minimum atomic E-state index is -0.538. The van der Waals surface area contributed by atoms with Gasteiger partial charge in [-0.15, -0.1) is 0 Å². The first-order valence-corrected chi connectivity index (χ1v) is 5.64. The van der Waals surface area contributed by atoms with Crippen LogP contribution >= 0.6 is 0 Å². The molecule has 1 aliphatic rings. The zero-order chi connectivity index (χ0) is 11.5. The number of hydrogen-bond acceptors (Lipinski definition) is 2. The van der Waals surface area contributed by atoms with E-state index in [1.807, 2.05) is 0 Å². The van der Waals surface area contributed by atoms with E-state index in [2.05, 4.69) is 0 Å². The topological polar surface area (TPSA) is 26.3 Å². The lowest BCUT2D eigenvalue weighted by atomic mass is 10.1. The van der Waals surface area contributed by atoms with Gasteiger partial charge in [-0.3, -0.25) is 0 Å². The van der Waals surface area contributed by atoms with Gasteiger partial charge in [0.15, 0.2) is 0 Å². The molecule has 1 saturated carbocycles. The van der Waals surface area contributed by atoms with Crippen molar-refractivity contribution < 1.29 is 13.9 Å². The van der Waals surface area contributed by atoms with Crippen LogP contribution in [-0.4, -0.2) is 12.1 Å². The molecule has 0 spiro atoms. The van der Waals surface area contributed by atoms with Crippen molar-refractivity contribution in [1.82, 2.24) is 0 Å². The van der Waals surface area contributed by atoms with Crippen LogP contribution in [0, 0.1) is 12.7 Å². The molecule has 1 aromatic carbocycles. The van der Waals surface area contributed by atoms with Gasteiger partial charge < -0.3 is 4.74 Å². The van der Waals surface area contributed by atoms with Gasteiger partial charge >= 0.3 is 5.97 Å². The lowest BCUT2D eigenvalue weighted by Crippen LogP contribution is -2.15. The van der Waals surface area contributed by atoms with Gasteiger partial charge in [0.25, 0.3) is 0 Å². The lowest BCUT2D eigenvalue weighted by molar-refractivity contribution is 0.0312. The molecule has 2 nitrogen and oxygen atoms in total. The Morgan fingerprint density at radius 2 is 2.06 bits per heavy atom. The molecule has 0 bridgehead atoms. The SMILES string of the molecule is Cc1ccc(C(=O)OC2CCCC2)c(F)c1. The van der Waals surface area contributed by atoms with Gasteiger partial charge in [-0.05, 0) is 50.3 Å². The number of hydrogen-bond donors (Lipinski definition) is 0. The fourth-order valence-corrected chi connectivity index (χ4v) is 2.01. The van der Waals surface area contributed by atoms with Gasteiger partial charge in [-0.25, -0.2) is 9.18 Å². The molecule has 0 radical (unpaired) electrons. The Hall–Kier alpha value is -1.38. The van der Waals surface area contributed by atoms with E-state index >= 15 is 0 Å². The molecule has 1 aliphatic carbocycles. The maximum atomic E-state index is 13.5.